The monoisotopic (exact) mass is 308 g/mol. The summed E-state index contributed by atoms with van der Waals surface area (Å²) < 4.78 is 0.657. The second kappa shape index (κ2) is 6.82. The molecule has 2 rings (SSSR count). The smallest absolute Gasteiger partial charge is 0.268 e. The normalized spacial score (nSPS) is 11.2. The van der Waals surface area contributed by atoms with Crippen LogP contribution >= 0.6 is 11.3 Å². The number of H-pyrrole nitrogens is 1. The van der Waals surface area contributed by atoms with E-state index in [9.17, 15) is 9.59 Å². The number of aromatic amines is 1. The van der Waals surface area contributed by atoms with Crippen molar-refractivity contribution in [1.82, 2.24) is 20.2 Å². The number of aryl methyl sites for hydroxylation is 1. The summed E-state index contributed by atoms with van der Waals surface area (Å²) in [5.74, 6) is 0.556. The number of nitrogens with zero attached hydrogens (tertiary/aromatic N) is 2. The molecule has 0 radical (unpaired) electrons. The fourth-order valence-corrected chi connectivity index (χ4v) is 3.05. The molecule has 7 heteroatoms. The van der Waals surface area contributed by atoms with Crippen molar-refractivity contribution in [3.63, 3.8) is 0 Å². The summed E-state index contributed by atoms with van der Waals surface area (Å²) in [5, 5.41) is 2.61. The molecule has 2 aromatic heterocycles. The highest BCUT2D eigenvalue weighted by Gasteiger charge is 2.13. The zero-order valence-electron chi connectivity index (χ0n) is 12.5. The summed E-state index contributed by atoms with van der Waals surface area (Å²) in [5.41, 5.74) is 0.622. The molecule has 0 aliphatic heterocycles. The van der Waals surface area contributed by atoms with E-state index in [-0.39, 0.29) is 11.5 Å². The summed E-state index contributed by atoms with van der Waals surface area (Å²) in [6.07, 6.45) is 0.932. The Morgan fingerprint density at radius 3 is 2.95 bits per heavy atom. The van der Waals surface area contributed by atoms with Crippen LogP contribution in [0.15, 0.2) is 10.9 Å². The van der Waals surface area contributed by atoms with Crippen LogP contribution in [0.4, 0.5) is 0 Å². The van der Waals surface area contributed by atoms with Crippen LogP contribution in [0, 0.1) is 6.92 Å². The molecule has 2 aromatic rings. The minimum absolute atomic E-state index is 0.0433. The van der Waals surface area contributed by atoms with Gasteiger partial charge in [-0.1, -0.05) is 6.92 Å². The van der Waals surface area contributed by atoms with Gasteiger partial charge >= 0.3 is 0 Å². The lowest BCUT2D eigenvalue weighted by Gasteiger charge is -2.19. The summed E-state index contributed by atoms with van der Waals surface area (Å²) in [4.78, 5) is 33.9. The maximum absolute atomic E-state index is 12.0. The number of likely N-dealkylation sites (N-methyl/N-ethyl adjacent to an activating group) is 1. The molecule has 0 fully saturated rings. The second-order valence-electron chi connectivity index (χ2n) is 4.97. The summed E-state index contributed by atoms with van der Waals surface area (Å²) in [6.45, 7) is 5.55. The number of rotatable bonds is 6. The van der Waals surface area contributed by atoms with Gasteiger partial charge in [-0.15, -0.1) is 11.3 Å². The lowest BCUT2D eigenvalue weighted by atomic mass is 10.3. The van der Waals surface area contributed by atoms with Crippen molar-refractivity contribution in [3.05, 3.63) is 27.1 Å². The highest BCUT2D eigenvalue weighted by atomic mass is 32.1. The van der Waals surface area contributed by atoms with E-state index < -0.39 is 0 Å². The van der Waals surface area contributed by atoms with Crippen molar-refractivity contribution >= 4 is 27.5 Å². The van der Waals surface area contributed by atoms with E-state index in [1.165, 1.54) is 11.3 Å². The number of amides is 1. The molecule has 0 unspecified atom stereocenters. The molecule has 0 saturated carbocycles. The predicted molar refractivity (Wildman–Crippen MR) is 84.6 cm³/mol. The Morgan fingerprint density at radius 2 is 2.29 bits per heavy atom. The molecule has 2 N–H and O–H groups in total. The van der Waals surface area contributed by atoms with Gasteiger partial charge in [-0.2, -0.15) is 0 Å². The van der Waals surface area contributed by atoms with E-state index in [1.807, 2.05) is 17.9 Å². The molecule has 0 bridgehead atoms. The average Bonchev–Trinajstić information content (AvgIpc) is 2.80. The lowest BCUT2D eigenvalue weighted by Crippen LogP contribution is -2.36. The van der Waals surface area contributed by atoms with Crippen molar-refractivity contribution in [2.75, 3.05) is 20.1 Å². The summed E-state index contributed by atoms with van der Waals surface area (Å²) >= 11 is 1.45. The van der Waals surface area contributed by atoms with Crippen molar-refractivity contribution in [2.45, 2.75) is 26.8 Å². The molecule has 0 aliphatic rings. The standard InChI is InChI=1S/C14H20N4O2S/c1-4-5-18(8-12(19)15-3)7-11-16-10-6-9(2)21-13(10)14(20)17-11/h6H,4-5,7-8H2,1-3H3,(H,15,19)(H,16,17,20). The quantitative estimate of drug-likeness (QED) is 0.842. The number of aromatic nitrogens is 2. The van der Waals surface area contributed by atoms with Gasteiger partial charge in [0.2, 0.25) is 5.91 Å². The number of fused-ring (bicyclic) bond motifs is 1. The first-order valence-electron chi connectivity index (χ1n) is 6.95. The van der Waals surface area contributed by atoms with Crippen molar-refractivity contribution in [2.24, 2.45) is 0 Å². The van der Waals surface area contributed by atoms with Crippen molar-refractivity contribution in [3.8, 4) is 0 Å². The number of nitrogens with one attached hydrogen (secondary N) is 2. The Bertz CT molecular complexity index is 692. The van der Waals surface area contributed by atoms with Crippen molar-refractivity contribution < 1.29 is 4.79 Å². The number of carbonyl (C=O) groups is 1. The number of hydrogen-bond acceptors (Lipinski definition) is 5. The van der Waals surface area contributed by atoms with Crippen LogP contribution in [0.1, 0.15) is 24.0 Å². The lowest BCUT2D eigenvalue weighted by molar-refractivity contribution is -0.121. The number of hydrogen-bond donors (Lipinski definition) is 2. The van der Waals surface area contributed by atoms with Crippen molar-refractivity contribution in [1.29, 1.82) is 0 Å². The molecular weight excluding hydrogens is 288 g/mol. The first kappa shape index (κ1) is 15.7. The van der Waals surface area contributed by atoms with Gasteiger partial charge in [0.15, 0.2) is 0 Å². The molecule has 1 amide bonds. The van der Waals surface area contributed by atoms with E-state index >= 15 is 0 Å². The molecule has 0 saturated heterocycles. The Hall–Kier alpha value is -1.73. The summed E-state index contributed by atoms with van der Waals surface area (Å²) in [7, 11) is 1.62. The highest BCUT2D eigenvalue weighted by Crippen LogP contribution is 2.19. The van der Waals surface area contributed by atoms with Crippen LogP contribution in [-0.2, 0) is 11.3 Å². The highest BCUT2D eigenvalue weighted by molar-refractivity contribution is 7.18. The van der Waals surface area contributed by atoms with E-state index in [0.29, 0.717) is 23.6 Å². The fraction of sp³-hybridized carbons (Fsp3) is 0.500. The molecular formula is C14H20N4O2S. The van der Waals surface area contributed by atoms with Gasteiger partial charge in [0.25, 0.3) is 5.56 Å². The van der Waals surface area contributed by atoms with Crippen LogP contribution in [0.2, 0.25) is 0 Å². The first-order chi connectivity index (χ1) is 10.0. The second-order valence-corrected chi connectivity index (χ2v) is 6.22. The zero-order chi connectivity index (χ0) is 15.4. The Morgan fingerprint density at radius 1 is 1.52 bits per heavy atom. The number of carbonyl (C=O) groups excluding carboxylic acids is 1. The van der Waals surface area contributed by atoms with Gasteiger partial charge in [-0.05, 0) is 26.0 Å². The van der Waals surface area contributed by atoms with E-state index in [2.05, 4.69) is 22.2 Å². The minimum Gasteiger partial charge on any atom is -0.358 e. The third-order valence-electron chi connectivity index (χ3n) is 3.11. The fourth-order valence-electron chi connectivity index (χ4n) is 2.21. The first-order valence-corrected chi connectivity index (χ1v) is 7.77. The van der Waals surface area contributed by atoms with E-state index in [4.69, 9.17) is 0 Å². The average molecular weight is 308 g/mol. The maximum atomic E-state index is 12.0. The minimum atomic E-state index is -0.107. The molecule has 114 valence electrons. The Labute approximate surface area is 127 Å². The molecule has 0 aliphatic carbocycles. The largest absolute Gasteiger partial charge is 0.358 e. The van der Waals surface area contributed by atoms with Crippen LogP contribution in [-0.4, -0.2) is 40.9 Å². The molecule has 0 aromatic carbocycles. The van der Waals surface area contributed by atoms with Crippen LogP contribution in [0.25, 0.3) is 10.2 Å². The summed E-state index contributed by atoms with van der Waals surface area (Å²) in [6, 6.07) is 1.92. The molecule has 6 nitrogen and oxygen atoms in total. The van der Waals surface area contributed by atoms with Gasteiger partial charge in [0.05, 0.1) is 18.6 Å². The van der Waals surface area contributed by atoms with Crippen LogP contribution in [0.5, 0.6) is 0 Å². The van der Waals surface area contributed by atoms with Gasteiger partial charge < -0.3 is 10.3 Å². The van der Waals surface area contributed by atoms with E-state index in [1.54, 1.807) is 7.05 Å². The zero-order valence-corrected chi connectivity index (χ0v) is 13.3. The van der Waals surface area contributed by atoms with E-state index in [0.717, 1.165) is 23.4 Å². The third-order valence-corrected chi connectivity index (χ3v) is 4.15. The Kier molecular flexibility index (Phi) is 5.08. The Balaban J connectivity index is 2.23. The van der Waals surface area contributed by atoms with Gasteiger partial charge in [0.1, 0.15) is 10.5 Å². The molecule has 0 spiro atoms. The topological polar surface area (TPSA) is 78.1 Å². The molecule has 2 heterocycles. The van der Waals surface area contributed by atoms with Gasteiger partial charge in [-0.3, -0.25) is 14.5 Å². The SMILES string of the molecule is CCCN(CC(=O)NC)Cc1nc2cc(C)sc2c(=O)[nH]1. The maximum Gasteiger partial charge on any atom is 0.268 e. The van der Waals surface area contributed by atoms with Gasteiger partial charge in [0, 0.05) is 11.9 Å². The number of thiophene rings is 1. The molecule has 21 heavy (non-hydrogen) atoms. The van der Waals surface area contributed by atoms with Gasteiger partial charge in [-0.25, -0.2) is 4.98 Å². The third kappa shape index (κ3) is 3.89. The predicted octanol–water partition coefficient (Wildman–Crippen LogP) is 1.25. The molecule has 0 atom stereocenters. The van der Waals surface area contributed by atoms with Crippen LogP contribution < -0.4 is 10.9 Å². The van der Waals surface area contributed by atoms with Crippen LogP contribution in [0.3, 0.4) is 0 Å².